The first-order valence-corrected chi connectivity index (χ1v) is 8.09. The van der Waals surface area contributed by atoms with Gasteiger partial charge in [-0.15, -0.1) is 0 Å². The first-order chi connectivity index (χ1) is 11.4. The molecule has 6 nitrogen and oxygen atoms in total. The molecule has 2 aromatic carbocycles. The van der Waals surface area contributed by atoms with Crippen molar-refractivity contribution in [2.24, 2.45) is 12.0 Å². The summed E-state index contributed by atoms with van der Waals surface area (Å²) in [5.41, 5.74) is 3.36. The average Bonchev–Trinajstić information content (AvgIpc) is 2.89. The second-order valence-corrected chi connectivity index (χ2v) is 6.52. The smallest absolute Gasteiger partial charge is 0.279 e. The highest BCUT2D eigenvalue weighted by Crippen LogP contribution is 2.24. The first kappa shape index (κ1) is 16.1. The van der Waals surface area contributed by atoms with E-state index in [-0.39, 0.29) is 11.3 Å². The summed E-state index contributed by atoms with van der Waals surface area (Å²) in [6.45, 7) is 4.03. The van der Waals surface area contributed by atoms with Gasteiger partial charge >= 0.3 is 0 Å². The van der Waals surface area contributed by atoms with Gasteiger partial charge in [0.15, 0.2) is 4.80 Å². The van der Waals surface area contributed by atoms with Gasteiger partial charge in [-0.05, 0) is 31.0 Å². The lowest BCUT2D eigenvalue weighted by atomic mass is 10.1. The molecule has 0 saturated carbocycles. The maximum absolute atomic E-state index is 12.4. The van der Waals surface area contributed by atoms with Crippen molar-refractivity contribution in [2.75, 3.05) is 0 Å². The van der Waals surface area contributed by atoms with Gasteiger partial charge < -0.3 is 4.57 Å². The van der Waals surface area contributed by atoms with Gasteiger partial charge in [0.05, 0.1) is 15.1 Å². The maximum Gasteiger partial charge on any atom is 0.279 e. The third-order valence-electron chi connectivity index (χ3n) is 3.85. The molecule has 7 heteroatoms. The fourth-order valence-electron chi connectivity index (χ4n) is 2.57. The van der Waals surface area contributed by atoms with Crippen LogP contribution in [0.25, 0.3) is 10.2 Å². The molecule has 0 bridgehead atoms. The Morgan fingerprint density at radius 2 is 1.92 bits per heavy atom. The molecule has 3 rings (SSSR count). The molecule has 1 aromatic heterocycles. The quantitative estimate of drug-likeness (QED) is 0.528. The number of rotatable bonds is 2. The molecule has 0 spiro atoms. The largest absolute Gasteiger partial charge is 0.319 e. The summed E-state index contributed by atoms with van der Waals surface area (Å²) < 4.78 is 2.97. The highest BCUT2D eigenvalue weighted by molar-refractivity contribution is 7.16. The van der Waals surface area contributed by atoms with Crippen LogP contribution in [-0.4, -0.2) is 15.4 Å². The number of fused-ring (bicyclic) bond motifs is 1. The van der Waals surface area contributed by atoms with Crippen molar-refractivity contribution in [3.05, 3.63) is 68.0 Å². The Hall–Kier alpha value is -2.80. The number of nitro benzene ring substituents is 1. The van der Waals surface area contributed by atoms with Crippen molar-refractivity contribution >= 4 is 33.1 Å². The summed E-state index contributed by atoms with van der Waals surface area (Å²) in [5.74, 6) is -0.490. The van der Waals surface area contributed by atoms with Crippen LogP contribution in [0, 0.1) is 24.0 Å². The number of benzene rings is 2. The molecular weight excluding hydrogens is 326 g/mol. The third-order valence-corrected chi connectivity index (χ3v) is 5.11. The van der Waals surface area contributed by atoms with Crippen LogP contribution in [0.5, 0.6) is 0 Å². The first-order valence-electron chi connectivity index (χ1n) is 7.27. The van der Waals surface area contributed by atoms with Crippen LogP contribution in [0.2, 0.25) is 0 Å². The van der Waals surface area contributed by atoms with Crippen LogP contribution in [0.4, 0.5) is 5.69 Å². The predicted octanol–water partition coefficient (Wildman–Crippen LogP) is 3.51. The highest BCUT2D eigenvalue weighted by atomic mass is 32.1. The Balaban J connectivity index is 2.14. The van der Waals surface area contributed by atoms with E-state index in [4.69, 9.17) is 0 Å². The normalized spacial score (nSPS) is 11.9. The number of hydrogen-bond acceptors (Lipinski definition) is 4. The van der Waals surface area contributed by atoms with Gasteiger partial charge in [-0.25, -0.2) is 0 Å². The molecular formula is C17H15N3O3S. The van der Waals surface area contributed by atoms with E-state index in [1.54, 1.807) is 0 Å². The number of nitrogens with zero attached hydrogens (tertiary/aromatic N) is 3. The molecule has 0 radical (unpaired) electrons. The summed E-state index contributed by atoms with van der Waals surface area (Å²) in [4.78, 5) is 27.4. The zero-order valence-electron chi connectivity index (χ0n) is 13.4. The summed E-state index contributed by atoms with van der Waals surface area (Å²) in [6, 6.07) is 9.69. The molecule has 0 aliphatic rings. The van der Waals surface area contributed by atoms with E-state index in [1.165, 1.54) is 35.6 Å². The number of nitro groups is 1. The Morgan fingerprint density at radius 3 is 2.58 bits per heavy atom. The summed E-state index contributed by atoms with van der Waals surface area (Å²) in [7, 11) is 1.87. The zero-order valence-corrected chi connectivity index (χ0v) is 14.3. The summed E-state index contributed by atoms with van der Waals surface area (Å²) in [5, 5.41) is 10.8. The fraction of sp³-hybridized carbons (Fsp3) is 0.176. The van der Waals surface area contributed by atoms with E-state index in [2.05, 4.69) is 4.99 Å². The number of thiazole rings is 1. The molecule has 0 fully saturated rings. The van der Waals surface area contributed by atoms with Crippen molar-refractivity contribution in [2.45, 2.75) is 13.8 Å². The van der Waals surface area contributed by atoms with Crippen molar-refractivity contribution in [3.8, 4) is 0 Å². The molecule has 122 valence electrons. The minimum atomic E-state index is -0.525. The lowest BCUT2D eigenvalue weighted by molar-refractivity contribution is -0.384. The van der Waals surface area contributed by atoms with E-state index < -0.39 is 10.8 Å². The van der Waals surface area contributed by atoms with Gasteiger partial charge in [0.1, 0.15) is 0 Å². The van der Waals surface area contributed by atoms with Crippen LogP contribution in [0.15, 0.2) is 41.4 Å². The molecule has 0 atom stereocenters. The second kappa shape index (κ2) is 6.01. The Bertz CT molecular complexity index is 1050. The molecule has 0 N–H and O–H groups in total. The van der Waals surface area contributed by atoms with E-state index in [0.717, 1.165) is 21.3 Å². The SMILES string of the molecule is Cc1ccc(C)c2c1sc(=NC(=O)c1cccc([N+](=O)[O-])c1)n2C. The van der Waals surface area contributed by atoms with E-state index >= 15 is 0 Å². The molecule has 1 amide bonds. The Labute approximate surface area is 141 Å². The number of aromatic nitrogens is 1. The number of carbonyl (C=O) groups excluding carboxylic acids is 1. The summed E-state index contributed by atoms with van der Waals surface area (Å²) >= 11 is 1.44. The van der Waals surface area contributed by atoms with Crippen molar-refractivity contribution in [3.63, 3.8) is 0 Å². The summed E-state index contributed by atoms with van der Waals surface area (Å²) in [6.07, 6.45) is 0. The highest BCUT2D eigenvalue weighted by Gasteiger charge is 2.13. The fourth-order valence-corrected chi connectivity index (χ4v) is 3.74. The predicted molar refractivity (Wildman–Crippen MR) is 93.3 cm³/mol. The number of hydrogen-bond donors (Lipinski definition) is 0. The van der Waals surface area contributed by atoms with Crippen LogP contribution < -0.4 is 4.80 Å². The van der Waals surface area contributed by atoms with Gasteiger partial charge in [-0.3, -0.25) is 14.9 Å². The topological polar surface area (TPSA) is 77.5 Å². The number of amides is 1. The Morgan fingerprint density at radius 1 is 1.21 bits per heavy atom. The molecule has 0 unspecified atom stereocenters. The van der Waals surface area contributed by atoms with E-state index in [1.807, 2.05) is 37.6 Å². The molecule has 3 aromatic rings. The zero-order chi connectivity index (χ0) is 17.4. The Kier molecular flexibility index (Phi) is 4.02. The number of non-ortho nitro benzene ring substituents is 1. The van der Waals surface area contributed by atoms with Crippen molar-refractivity contribution in [1.29, 1.82) is 0 Å². The molecule has 0 aliphatic carbocycles. The van der Waals surface area contributed by atoms with Crippen LogP contribution in [0.3, 0.4) is 0 Å². The van der Waals surface area contributed by atoms with Crippen molar-refractivity contribution in [1.82, 2.24) is 4.57 Å². The van der Waals surface area contributed by atoms with Gasteiger partial charge in [0.2, 0.25) is 0 Å². The average molecular weight is 341 g/mol. The molecule has 0 saturated heterocycles. The monoisotopic (exact) mass is 341 g/mol. The lowest BCUT2D eigenvalue weighted by Gasteiger charge is -2.01. The minimum Gasteiger partial charge on any atom is -0.319 e. The van der Waals surface area contributed by atoms with Crippen molar-refractivity contribution < 1.29 is 9.72 Å². The van der Waals surface area contributed by atoms with Gasteiger partial charge in [-0.2, -0.15) is 4.99 Å². The molecule has 1 heterocycles. The molecule has 24 heavy (non-hydrogen) atoms. The van der Waals surface area contributed by atoms with Crippen LogP contribution in [0.1, 0.15) is 21.5 Å². The second-order valence-electron chi connectivity index (χ2n) is 5.55. The van der Waals surface area contributed by atoms with Crippen LogP contribution in [-0.2, 0) is 7.05 Å². The van der Waals surface area contributed by atoms with Crippen LogP contribution >= 0.6 is 11.3 Å². The minimum absolute atomic E-state index is 0.122. The lowest BCUT2D eigenvalue weighted by Crippen LogP contribution is -2.13. The van der Waals surface area contributed by atoms with Gasteiger partial charge in [-0.1, -0.05) is 29.5 Å². The number of carbonyl (C=O) groups is 1. The molecule has 0 aliphatic heterocycles. The van der Waals surface area contributed by atoms with E-state index in [9.17, 15) is 14.9 Å². The van der Waals surface area contributed by atoms with E-state index in [0.29, 0.717) is 4.80 Å². The third kappa shape index (κ3) is 2.74. The van der Waals surface area contributed by atoms with Gasteiger partial charge in [0, 0.05) is 24.7 Å². The van der Waals surface area contributed by atoms with Gasteiger partial charge in [0.25, 0.3) is 11.6 Å². The maximum atomic E-state index is 12.4. The standard InChI is InChI=1S/C17H15N3O3S/c1-10-7-8-11(2)15-14(10)19(3)17(24-15)18-16(21)12-5-4-6-13(9-12)20(22)23/h4-9H,1-3H3. The number of aryl methyl sites for hydroxylation is 3.